The number of benzene rings is 4. The number of fused-ring (bicyclic) bond motifs is 1. The largest absolute Gasteiger partial charge is 0.493 e. The summed E-state index contributed by atoms with van der Waals surface area (Å²) in [6.07, 6.45) is 0. The Morgan fingerprint density at radius 1 is 0.674 bits per heavy atom. The van der Waals surface area contributed by atoms with Crippen LogP contribution in [-0.4, -0.2) is 52.1 Å². The van der Waals surface area contributed by atoms with E-state index in [1.54, 1.807) is 66.7 Å². The molecule has 1 aromatic heterocycles. The number of halogens is 1. The van der Waals surface area contributed by atoms with Gasteiger partial charge in [-0.15, -0.1) is 12.4 Å². The summed E-state index contributed by atoms with van der Waals surface area (Å²) in [6, 6.07) is 21.1. The topological polar surface area (TPSA) is 138 Å². The van der Waals surface area contributed by atoms with Crippen molar-refractivity contribution in [2.75, 3.05) is 41.3 Å². The Bertz CT molecular complexity index is 1950. The van der Waals surface area contributed by atoms with Crippen LogP contribution in [0, 0.1) is 0 Å². The molecule has 1 heterocycles. The van der Waals surface area contributed by atoms with E-state index in [1.807, 2.05) is 0 Å². The molecule has 0 radical (unpaired) electrons. The molecule has 12 heteroatoms. The monoisotopic (exact) mass is 646 g/mol. The van der Waals surface area contributed by atoms with Gasteiger partial charge in [-0.1, -0.05) is 18.2 Å². The molecule has 0 amide bonds. The first-order chi connectivity index (χ1) is 21.8. The van der Waals surface area contributed by atoms with Crippen molar-refractivity contribution >= 4 is 40.8 Å². The number of aromatic nitrogens is 1. The van der Waals surface area contributed by atoms with Crippen LogP contribution < -0.4 is 35.0 Å². The zero-order chi connectivity index (χ0) is 32.2. The molecule has 11 nitrogen and oxygen atoms in total. The lowest BCUT2D eigenvalue weighted by molar-refractivity contribution is 0.0591. The molecule has 0 unspecified atom stereocenters. The van der Waals surface area contributed by atoms with Crippen molar-refractivity contribution in [3.05, 3.63) is 100 Å². The normalized spacial score (nSPS) is 10.5. The number of esters is 2. The van der Waals surface area contributed by atoms with E-state index in [0.717, 1.165) is 0 Å². The van der Waals surface area contributed by atoms with Gasteiger partial charge in [-0.05, 0) is 66.2 Å². The highest BCUT2D eigenvalue weighted by Gasteiger charge is 2.28. The van der Waals surface area contributed by atoms with E-state index in [1.165, 1.54) is 52.2 Å². The minimum Gasteiger partial charge on any atom is -0.493 e. The Labute approximate surface area is 270 Å². The SMILES string of the molecule is COC(=O)c1c(-c2cc(OC)c(OC)c(OC)c2)c2cc(OC)c(OC(=O)c3ccccc3)cc2c(=O)n1-c1ccc(N)cc1.Cl. The number of methoxy groups -OCH3 is 5. The number of nitrogen functional groups attached to an aromatic ring is 1. The number of hydrogen-bond donors (Lipinski definition) is 1. The maximum Gasteiger partial charge on any atom is 0.355 e. The summed E-state index contributed by atoms with van der Waals surface area (Å²) in [5, 5.41) is 0.414. The van der Waals surface area contributed by atoms with Crippen LogP contribution in [0.25, 0.3) is 27.6 Å². The van der Waals surface area contributed by atoms with Crippen molar-refractivity contribution in [2.24, 2.45) is 0 Å². The number of ether oxygens (including phenoxy) is 6. The summed E-state index contributed by atoms with van der Waals surface area (Å²) in [7, 11) is 7.02. The molecule has 2 N–H and O–H groups in total. The summed E-state index contributed by atoms with van der Waals surface area (Å²) in [5.41, 5.74) is 7.06. The van der Waals surface area contributed by atoms with E-state index in [4.69, 9.17) is 34.2 Å². The van der Waals surface area contributed by atoms with Crippen molar-refractivity contribution in [3.63, 3.8) is 0 Å². The Balaban J connectivity index is 0.00000480. The number of nitrogens with two attached hydrogens (primary N) is 1. The Morgan fingerprint density at radius 2 is 1.26 bits per heavy atom. The highest BCUT2D eigenvalue weighted by Crippen LogP contribution is 2.45. The summed E-state index contributed by atoms with van der Waals surface area (Å²) >= 11 is 0. The van der Waals surface area contributed by atoms with Crippen molar-refractivity contribution in [1.29, 1.82) is 0 Å². The molecule has 0 bridgehead atoms. The van der Waals surface area contributed by atoms with Crippen LogP contribution in [0.2, 0.25) is 0 Å². The number of nitrogens with zero attached hydrogens (tertiary/aromatic N) is 1. The summed E-state index contributed by atoms with van der Waals surface area (Å²) in [5.74, 6) is -0.367. The average molecular weight is 647 g/mol. The van der Waals surface area contributed by atoms with E-state index in [2.05, 4.69) is 0 Å². The minimum atomic E-state index is -0.798. The van der Waals surface area contributed by atoms with Gasteiger partial charge in [-0.25, -0.2) is 9.59 Å². The third kappa shape index (κ3) is 6.00. The lowest BCUT2D eigenvalue weighted by atomic mass is 9.95. The van der Waals surface area contributed by atoms with Gasteiger partial charge in [-0.2, -0.15) is 0 Å². The maximum atomic E-state index is 14.4. The molecule has 0 atom stereocenters. The van der Waals surface area contributed by atoms with Gasteiger partial charge in [0.15, 0.2) is 23.0 Å². The third-order valence-electron chi connectivity index (χ3n) is 7.16. The highest BCUT2D eigenvalue weighted by molar-refractivity contribution is 6.08. The van der Waals surface area contributed by atoms with Crippen LogP contribution in [-0.2, 0) is 4.74 Å². The first-order valence-electron chi connectivity index (χ1n) is 13.6. The standard InChI is InChI=1S/C34H30N2O9.ClH/c1-40-25-17-23-24(18-26(25)45-33(38)19-9-7-6-8-10-19)32(37)36(22-13-11-21(35)12-14-22)30(34(39)44-5)29(23)20-15-27(41-2)31(43-4)28(16-20)42-3;/h6-18H,35H2,1-5H3;1H. The molecular weight excluding hydrogens is 616 g/mol. The molecule has 0 aliphatic rings. The molecule has 0 aliphatic carbocycles. The van der Waals surface area contributed by atoms with E-state index >= 15 is 0 Å². The van der Waals surface area contributed by atoms with Crippen LogP contribution in [0.5, 0.6) is 28.7 Å². The lowest BCUT2D eigenvalue weighted by Crippen LogP contribution is -2.27. The number of anilines is 1. The van der Waals surface area contributed by atoms with E-state index in [9.17, 15) is 14.4 Å². The summed E-state index contributed by atoms with van der Waals surface area (Å²) < 4.78 is 34.5. The van der Waals surface area contributed by atoms with Crippen LogP contribution in [0.4, 0.5) is 5.69 Å². The third-order valence-corrected chi connectivity index (χ3v) is 7.16. The van der Waals surface area contributed by atoms with Crippen molar-refractivity contribution < 1.29 is 38.0 Å². The van der Waals surface area contributed by atoms with Crippen LogP contribution in [0.3, 0.4) is 0 Å². The van der Waals surface area contributed by atoms with Gasteiger partial charge in [-0.3, -0.25) is 9.36 Å². The smallest absolute Gasteiger partial charge is 0.355 e. The predicted molar refractivity (Wildman–Crippen MR) is 176 cm³/mol. The van der Waals surface area contributed by atoms with E-state index in [-0.39, 0.29) is 40.5 Å². The summed E-state index contributed by atoms with van der Waals surface area (Å²) in [4.78, 5) is 41.0. The molecule has 0 spiro atoms. The molecule has 5 rings (SSSR count). The fourth-order valence-corrected chi connectivity index (χ4v) is 5.05. The first-order valence-corrected chi connectivity index (χ1v) is 13.6. The van der Waals surface area contributed by atoms with Crippen molar-refractivity contribution in [3.8, 4) is 45.6 Å². The van der Waals surface area contributed by atoms with Gasteiger partial charge in [0.1, 0.15) is 5.69 Å². The van der Waals surface area contributed by atoms with Crippen LogP contribution in [0.15, 0.2) is 83.7 Å². The molecule has 46 heavy (non-hydrogen) atoms. The molecule has 0 fully saturated rings. The Kier molecular flexibility index (Phi) is 10.1. The molecule has 0 aliphatic heterocycles. The Hall–Kier alpha value is -5.68. The molecule has 238 valence electrons. The first kappa shape index (κ1) is 33.2. The highest BCUT2D eigenvalue weighted by atomic mass is 35.5. The molecule has 0 saturated heterocycles. The van der Waals surface area contributed by atoms with Crippen LogP contribution in [0.1, 0.15) is 20.8 Å². The van der Waals surface area contributed by atoms with Gasteiger partial charge in [0.25, 0.3) is 5.56 Å². The van der Waals surface area contributed by atoms with Crippen molar-refractivity contribution in [2.45, 2.75) is 0 Å². The quantitative estimate of drug-likeness (QED) is 0.121. The van der Waals surface area contributed by atoms with Gasteiger partial charge >= 0.3 is 11.9 Å². The Morgan fingerprint density at radius 3 is 1.80 bits per heavy atom. The van der Waals surface area contributed by atoms with Gasteiger partial charge in [0.05, 0.1) is 46.5 Å². The zero-order valence-corrected chi connectivity index (χ0v) is 26.4. The fraction of sp³-hybridized carbons (Fsp3) is 0.147. The predicted octanol–water partition coefficient (Wildman–Crippen LogP) is 5.70. The average Bonchev–Trinajstić information content (AvgIpc) is 3.07. The van der Waals surface area contributed by atoms with E-state index < -0.39 is 17.5 Å². The van der Waals surface area contributed by atoms with E-state index in [0.29, 0.717) is 45.1 Å². The summed E-state index contributed by atoms with van der Waals surface area (Å²) in [6.45, 7) is 0. The van der Waals surface area contributed by atoms with Gasteiger partial charge in [0, 0.05) is 22.3 Å². The molecule has 5 aromatic rings. The second kappa shape index (κ2) is 14.0. The van der Waals surface area contributed by atoms with Gasteiger partial charge < -0.3 is 34.2 Å². The fourth-order valence-electron chi connectivity index (χ4n) is 5.05. The number of hydrogen-bond acceptors (Lipinski definition) is 10. The lowest BCUT2D eigenvalue weighted by Gasteiger charge is -2.21. The zero-order valence-electron chi connectivity index (χ0n) is 25.6. The molecule has 0 saturated carbocycles. The number of carbonyl (C=O) groups excluding carboxylic acids is 2. The number of rotatable bonds is 9. The number of pyridine rings is 1. The second-order valence-electron chi connectivity index (χ2n) is 9.67. The molecule has 4 aromatic carbocycles. The molecular formula is C34H31ClN2O9. The van der Waals surface area contributed by atoms with Crippen molar-refractivity contribution in [1.82, 2.24) is 4.57 Å². The minimum absolute atomic E-state index is 0. The second-order valence-corrected chi connectivity index (χ2v) is 9.67. The van der Waals surface area contributed by atoms with Gasteiger partial charge in [0.2, 0.25) is 5.75 Å². The maximum absolute atomic E-state index is 14.4. The number of carbonyl (C=O) groups is 2. The van der Waals surface area contributed by atoms with Crippen LogP contribution >= 0.6 is 12.4 Å².